The van der Waals surface area contributed by atoms with E-state index in [2.05, 4.69) is 92.9 Å². The van der Waals surface area contributed by atoms with Crippen molar-refractivity contribution in [3.05, 3.63) is 85.1 Å². The fourth-order valence-corrected chi connectivity index (χ4v) is 6.79. The van der Waals surface area contributed by atoms with Crippen molar-refractivity contribution >= 4 is 11.9 Å². The van der Waals surface area contributed by atoms with E-state index in [0.717, 1.165) is 109 Å². The Kier molecular flexibility index (Phi) is 42.8. The molecule has 0 spiro atoms. The number of carbonyl (C=O) groups is 2. The second-order valence-electron chi connectivity index (χ2n) is 15.9. The van der Waals surface area contributed by atoms with Crippen LogP contribution in [0.3, 0.4) is 0 Å². The fraction of sp³-hybridized carbons (Fsp3) is 0.692. The number of aliphatic hydroxyl groups excluding tert-OH is 2. The first-order valence-corrected chi connectivity index (χ1v) is 23.9. The van der Waals surface area contributed by atoms with Gasteiger partial charge in [0.2, 0.25) is 5.91 Å². The minimum atomic E-state index is -0.800. The molecule has 0 aliphatic heterocycles. The number of esters is 1. The maximum Gasteiger partial charge on any atom is 0.306 e. The van der Waals surface area contributed by atoms with E-state index in [0.29, 0.717) is 19.3 Å². The summed E-state index contributed by atoms with van der Waals surface area (Å²) < 4.78 is 5.90. The van der Waals surface area contributed by atoms with E-state index in [1.54, 1.807) is 0 Å². The maximum absolute atomic E-state index is 13.2. The molecule has 3 N–H and O–H groups in total. The zero-order valence-corrected chi connectivity index (χ0v) is 37.6. The Hall–Kier alpha value is -2.96. The van der Waals surface area contributed by atoms with Crippen LogP contribution in [-0.2, 0) is 14.3 Å². The first kappa shape index (κ1) is 55.0. The van der Waals surface area contributed by atoms with E-state index >= 15 is 0 Å². The van der Waals surface area contributed by atoms with Crippen molar-refractivity contribution in [1.29, 1.82) is 0 Å². The summed E-state index contributed by atoms with van der Waals surface area (Å²) in [5, 5.41) is 23.7. The molecule has 3 unspecified atom stereocenters. The molecular formula is C52H89NO5. The van der Waals surface area contributed by atoms with Gasteiger partial charge in [-0.1, -0.05) is 215 Å². The number of hydrogen-bond acceptors (Lipinski definition) is 5. The first-order chi connectivity index (χ1) is 28.5. The van der Waals surface area contributed by atoms with Gasteiger partial charge >= 0.3 is 5.97 Å². The van der Waals surface area contributed by atoms with Crippen LogP contribution in [0.15, 0.2) is 85.1 Å². The number of ether oxygens (including phenoxy) is 1. The lowest BCUT2D eigenvalue weighted by Gasteiger charge is -2.24. The van der Waals surface area contributed by atoms with E-state index < -0.39 is 18.2 Å². The molecule has 0 aliphatic carbocycles. The minimum Gasteiger partial charge on any atom is -0.462 e. The van der Waals surface area contributed by atoms with Crippen LogP contribution in [0.2, 0.25) is 0 Å². The van der Waals surface area contributed by atoms with E-state index in [1.165, 1.54) is 51.4 Å². The number of rotatable bonds is 41. The highest BCUT2D eigenvalue weighted by atomic mass is 16.5. The lowest BCUT2D eigenvalue weighted by Crippen LogP contribution is -2.46. The SMILES string of the molecule is CC/C=C/C=C/C=C/C=C\CCCCCCCC(=O)OC(CCCCCCC/C=C/C=C/C=C/CC)CC(=O)NC(CO)C(O)CCCCCCCCCCCCC. The Morgan fingerprint density at radius 1 is 0.517 bits per heavy atom. The molecule has 332 valence electrons. The predicted octanol–water partition coefficient (Wildman–Crippen LogP) is 14.0. The molecule has 0 bridgehead atoms. The first-order valence-electron chi connectivity index (χ1n) is 23.9. The molecule has 0 aromatic heterocycles. The summed E-state index contributed by atoms with van der Waals surface area (Å²) in [7, 11) is 0. The molecule has 0 saturated heterocycles. The maximum atomic E-state index is 13.2. The van der Waals surface area contributed by atoms with Gasteiger partial charge in [0.15, 0.2) is 0 Å². The smallest absolute Gasteiger partial charge is 0.306 e. The molecule has 0 heterocycles. The number of carbonyl (C=O) groups excluding carboxylic acids is 2. The Morgan fingerprint density at radius 3 is 1.41 bits per heavy atom. The lowest BCUT2D eigenvalue weighted by atomic mass is 10.0. The molecule has 6 nitrogen and oxygen atoms in total. The molecular weight excluding hydrogens is 719 g/mol. The normalized spacial score (nSPS) is 14.1. The monoisotopic (exact) mass is 808 g/mol. The van der Waals surface area contributed by atoms with Gasteiger partial charge in [0, 0.05) is 6.42 Å². The number of nitrogens with one attached hydrogen (secondary N) is 1. The lowest BCUT2D eigenvalue weighted by molar-refractivity contribution is -0.151. The molecule has 0 fully saturated rings. The number of allylic oxidation sites excluding steroid dienone is 14. The van der Waals surface area contributed by atoms with Gasteiger partial charge in [0.05, 0.1) is 25.2 Å². The zero-order valence-electron chi connectivity index (χ0n) is 37.6. The minimum absolute atomic E-state index is 0.0497. The molecule has 58 heavy (non-hydrogen) atoms. The summed E-state index contributed by atoms with van der Waals surface area (Å²) in [5.41, 5.74) is 0. The molecule has 3 atom stereocenters. The van der Waals surface area contributed by atoms with Crippen LogP contribution in [0.1, 0.15) is 207 Å². The van der Waals surface area contributed by atoms with Crippen LogP contribution in [0, 0.1) is 0 Å². The zero-order chi connectivity index (χ0) is 42.4. The number of amides is 1. The quantitative estimate of drug-likeness (QED) is 0.0325. The van der Waals surface area contributed by atoms with Gasteiger partial charge < -0.3 is 20.3 Å². The van der Waals surface area contributed by atoms with Crippen molar-refractivity contribution in [2.75, 3.05) is 6.61 Å². The fourth-order valence-electron chi connectivity index (χ4n) is 6.79. The van der Waals surface area contributed by atoms with Crippen LogP contribution < -0.4 is 5.32 Å². The van der Waals surface area contributed by atoms with Crippen molar-refractivity contribution in [3.63, 3.8) is 0 Å². The molecule has 0 aromatic carbocycles. The van der Waals surface area contributed by atoms with Gasteiger partial charge in [0.25, 0.3) is 0 Å². The molecule has 0 aliphatic rings. The number of aliphatic hydroxyl groups is 2. The van der Waals surface area contributed by atoms with Crippen molar-refractivity contribution in [2.24, 2.45) is 0 Å². The number of unbranched alkanes of at least 4 members (excludes halogenated alkanes) is 20. The summed E-state index contributed by atoms with van der Waals surface area (Å²) in [6.07, 6.45) is 57.8. The summed E-state index contributed by atoms with van der Waals surface area (Å²) in [6, 6.07) is -0.716. The van der Waals surface area contributed by atoms with Crippen molar-refractivity contribution in [3.8, 4) is 0 Å². The van der Waals surface area contributed by atoms with Gasteiger partial charge in [0.1, 0.15) is 6.10 Å². The molecule has 6 heteroatoms. The summed E-state index contributed by atoms with van der Waals surface area (Å²) in [5.74, 6) is -0.529. The second-order valence-corrected chi connectivity index (χ2v) is 15.9. The number of hydrogen-bond donors (Lipinski definition) is 3. The van der Waals surface area contributed by atoms with Gasteiger partial charge in [-0.15, -0.1) is 0 Å². The van der Waals surface area contributed by atoms with Crippen LogP contribution >= 0.6 is 0 Å². The third kappa shape index (κ3) is 39.8. The molecule has 0 radical (unpaired) electrons. The highest BCUT2D eigenvalue weighted by Crippen LogP contribution is 2.17. The van der Waals surface area contributed by atoms with E-state index in [4.69, 9.17) is 4.74 Å². The Bertz CT molecular complexity index is 1130. The molecule has 0 rings (SSSR count). The summed E-state index contributed by atoms with van der Waals surface area (Å²) in [6.45, 7) is 6.18. The van der Waals surface area contributed by atoms with Gasteiger partial charge in [-0.25, -0.2) is 0 Å². The Labute approximate surface area is 357 Å². The average molecular weight is 808 g/mol. The third-order valence-electron chi connectivity index (χ3n) is 10.4. The van der Waals surface area contributed by atoms with Crippen molar-refractivity contribution in [2.45, 2.75) is 225 Å². The van der Waals surface area contributed by atoms with Gasteiger partial charge in [-0.05, 0) is 64.2 Å². The van der Waals surface area contributed by atoms with Gasteiger partial charge in [-0.3, -0.25) is 9.59 Å². The predicted molar refractivity (Wildman–Crippen MR) is 250 cm³/mol. The highest BCUT2D eigenvalue weighted by molar-refractivity contribution is 5.77. The molecule has 0 saturated carbocycles. The van der Waals surface area contributed by atoms with Crippen LogP contribution in [0.25, 0.3) is 0 Å². The van der Waals surface area contributed by atoms with E-state index in [9.17, 15) is 19.8 Å². The average Bonchev–Trinajstić information content (AvgIpc) is 3.22. The third-order valence-corrected chi connectivity index (χ3v) is 10.4. The second kappa shape index (κ2) is 45.1. The standard InChI is InChI=1S/C52H89NO5/c1-4-7-10-13-16-19-22-24-25-27-30-33-36-39-42-45-52(57)58-48(43-40-37-34-31-29-26-23-20-17-14-11-8-5-2)46-51(56)53-49(47-54)50(55)44-41-38-35-32-28-21-18-15-12-9-6-3/h7-8,10-11,13-14,16-17,19-20,22-25,48-50,54-55H,4-6,9,12,15,18,21,26-47H2,1-3H3,(H,53,56)/b10-7+,11-8+,16-13+,17-14+,22-19+,23-20+,25-24-. The van der Waals surface area contributed by atoms with Crippen LogP contribution in [-0.4, -0.2) is 46.9 Å². The Morgan fingerprint density at radius 2 is 0.931 bits per heavy atom. The topological polar surface area (TPSA) is 95.9 Å². The van der Waals surface area contributed by atoms with E-state index in [1.807, 2.05) is 18.2 Å². The van der Waals surface area contributed by atoms with Crippen LogP contribution in [0.4, 0.5) is 0 Å². The van der Waals surface area contributed by atoms with Crippen molar-refractivity contribution in [1.82, 2.24) is 5.32 Å². The Balaban J connectivity index is 4.68. The van der Waals surface area contributed by atoms with Crippen molar-refractivity contribution < 1.29 is 24.5 Å². The summed E-state index contributed by atoms with van der Waals surface area (Å²) >= 11 is 0. The highest BCUT2D eigenvalue weighted by Gasteiger charge is 2.24. The van der Waals surface area contributed by atoms with Gasteiger partial charge in [-0.2, -0.15) is 0 Å². The largest absolute Gasteiger partial charge is 0.462 e. The molecule has 0 aromatic rings. The summed E-state index contributed by atoms with van der Waals surface area (Å²) in [4.78, 5) is 26.1. The van der Waals surface area contributed by atoms with Crippen LogP contribution in [0.5, 0.6) is 0 Å². The molecule has 1 amide bonds. The van der Waals surface area contributed by atoms with E-state index in [-0.39, 0.29) is 24.9 Å².